The molecule has 1 amide bonds. The molecule has 1 saturated carbocycles. The zero-order valence-electron chi connectivity index (χ0n) is 13.0. The number of hydrogen-bond acceptors (Lipinski definition) is 4. The second-order valence-corrected chi connectivity index (χ2v) is 5.99. The molecule has 1 aromatic carbocycles. The van der Waals surface area contributed by atoms with Gasteiger partial charge in [-0.15, -0.1) is 0 Å². The topological polar surface area (TPSA) is 87.4 Å². The third-order valence-corrected chi connectivity index (χ3v) is 4.26. The van der Waals surface area contributed by atoms with Crippen molar-refractivity contribution in [2.24, 2.45) is 0 Å². The minimum absolute atomic E-state index is 0.304. The zero-order valence-corrected chi connectivity index (χ0v) is 13.0. The summed E-state index contributed by atoms with van der Waals surface area (Å²) in [6.07, 6.45) is 0.292. The van der Waals surface area contributed by atoms with E-state index in [0.29, 0.717) is 18.5 Å². The largest absolute Gasteiger partial charge is 0.390 e. The van der Waals surface area contributed by atoms with Crippen LogP contribution in [0.5, 0.6) is 0 Å². The molecular weight excluding hydrogens is 294 g/mol. The maximum atomic E-state index is 12.4. The summed E-state index contributed by atoms with van der Waals surface area (Å²) in [7, 11) is 0. The molecule has 0 unspecified atom stereocenters. The molecule has 6 nitrogen and oxygen atoms in total. The molecule has 1 heterocycles. The summed E-state index contributed by atoms with van der Waals surface area (Å²) in [5, 5.41) is 26.8. The maximum Gasteiger partial charge on any atom is 0.272 e. The van der Waals surface area contributed by atoms with Crippen LogP contribution >= 0.6 is 0 Å². The van der Waals surface area contributed by atoms with Crippen molar-refractivity contribution in [1.29, 1.82) is 0 Å². The predicted molar refractivity (Wildman–Crippen MR) is 85.4 cm³/mol. The van der Waals surface area contributed by atoms with Gasteiger partial charge in [-0.3, -0.25) is 4.79 Å². The SMILES string of the molecule is Cc1cc(C(=O)N[C@@H]2CCC[C@@H](O)[C@@H]2O)nn1-c1ccccc1. The van der Waals surface area contributed by atoms with Gasteiger partial charge in [0.05, 0.1) is 23.9 Å². The summed E-state index contributed by atoms with van der Waals surface area (Å²) < 4.78 is 1.71. The Morgan fingerprint density at radius 1 is 1.26 bits per heavy atom. The highest BCUT2D eigenvalue weighted by molar-refractivity contribution is 5.92. The van der Waals surface area contributed by atoms with Crippen LogP contribution in [0.2, 0.25) is 0 Å². The highest BCUT2D eigenvalue weighted by Gasteiger charge is 2.32. The second kappa shape index (κ2) is 6.52. The Balaban J connectivity index is 1.76. The lowest BCUT2D eigenvalue weighted by molar-refractivity contribution is -0.0278. The molecule has 0 spiro atoms. The number of hydrogen-bond donors (Lipinski definition) is 3. The van der Waals surface area contributed by atoms with Crippen molar-refractivity contribution < 1.29 is 15.0 Å². The van der Waals surface area contributed by atoms with Gasteiger partial charge in [0.15, 0.2) is 5.69 Å². The van der Waals surface area contributed by atoms with Crippen LogP contribution in [0, 0.1) is 6.92 Å². The molecule has 6 heteroatoms. The second-order valence-electron chi connectivity index (χ2n) is 5.99. The number of benzene rings is 1. The number of amides is 1. The Hall–Kier alpha value is -2.18. The fourth-order valence-electron chi connectivity index (χ4n) is 2.97. The molecule has 0 radical (unpaired) electrons. The normalized spacial score (nSPS) is 24.4. The van der Waals surface area contributed by atoms with E-state index in [9.17, 15) is 15.0 Å². The summed E-state index contributed by atoms with van der Waals surface area (Å²) in [5.74, 6) is -0.332. The van der Waals surface area contributed by atoms with Gasteiger partial charge in [-0.2, -0.15) is 5.10 Å². The number of aryl methyl sites for hydroxylation is 1. The van der Waals surface area contributed by atoms with E-state index < -0.39 is 18.2 Å². The molecule has 3 rings (SSSR count). The van der Waals surface area contributed by atoms with E-state index in [1.54, 1.807) is 10.7 Å². The Morgan fingerprint density at radius 2 is 2.00 bits per heavy atom. The molecule has 23 heavy (non-hydrogen) atoms. The number of aliphatic hydroxyl groups excluding tert-OH is 2. The van der Waals surface area contributed by atoms with Gasteiger partial charge < -0.3 is 15.5 Å². The van der Waals surface area contributed by atoms with Gasteiger partial charge in [0.1, 0.15) is 0 Å². The van der Waals surface area contributed by atoms with Gasteiger partial charge in [0, 0.05) is 5.69 Å². The standard InChI is InChI=1S/C17H21N3O3/c1-11-10-14(19-20(11)12-6-3-2-4-7-12)17(23)18-13-8-5-9-15(21)16(13)22/h2-4,6-7,10,13,15-16,21-22H,5,8-9H2,1H3,(H,18,23)/t13-,15-,16-/m1/s1. The van der Waals surface area contributed by atoms with Crippen LogP contribution in [0.1, 0.15) is 35.4 Å². The van der Waals surface area contributed by atoms with Gasteiger partial charge >= 0.3 is 0 Å². The number of carbonyl (C=O) groups excluding carboxylic acids is 1. The number of nitrogens with zero attached hydrogens (tertiary/aromatic N) is 2. The minimum atomic E-state index is -0.926. The Kier molecular flexibility index (Phi) is 4.45. The summed E-state index contributed by atoms with van der Waals surface area (Å²) in [5.41, 5.74) is 2.04. The molecule has 1 aromatic heterocycles. The van der Waals surface area contributed by atoms with E-state index in [0.717, 1.165) is 17.8 Å². The molecule has 1 aliphatic carbocycles. The van der Waals surface area contributed by atoms with Crippen molar-refractivity contribution in [3.63, 3.8) is 0 Å². The minimum Gasteiger partial charge on any atom is -0.390 e. The lowest BCUT2D eigenvalue weighted by Gasteiger charge is -2.32. The number of rotatable bonds is 3. The summed E-state index contributed by atoms with van der Waals surface area (Å²) in [6.45, 7) is 1.88. The third-order valence-electron chi connectivity index (χ3n) is 4.26. The Labute approximate surface area is 134 Å². The van der Waals surface area contributed by atoms with Crippen LogP contribution in [0.15, 0.2) is 36.4 Å². The van der Waals surface area contributed by atoms with Crippen molar-refractivity contribution in [2.75, 3.05) is 0 Å². The van der Waals surface area contributed by atoms with Crippen LogP contribution < -0.4 is 5.32 Å². The molecule has 0 aliphatic heterocycles. The molecule has 0 saturated heterocycles. The number of aliphatic hydroxyl groups is 2. The van der Waals surface area contributed by atoms with Gasteiger partial charge in [0.2, 0.25) is 0 Å². The first-order chi connectivity index (χ1) is 11.1. The first-order valence-electron chi connectivity index (χ1n) is 7.85. The number of nitrogens with one attached hydrogen (secondary N) is 1. The van der Waals surface area contributed by atoms with Crippen LogP contribution in [0.4, 0.5) is 0 Å². The van der Waals surface area contributed by atoms with Crippen LogP contribution in [0.3, 0.4) is 0 Å². The number of para-hydroxylation sites is 1. The molecule has 3 N–H and O–H groups in total. The molecule has 1 fully saturated rings. The molecular formula is C17H21N3O3. The lowest BCUT2D eigenvalue weighted by atomic mass is 9.90. The van der Waals surface area contributed by atoms with Crippen LogP contribution in [-0.4, -0.2) is 44.2 Å². The van der Waals surface area contributed by atoms with Gasteiger partial charge in [0.25, 0.3) is 5.91 Å². The van der Waals surface area contributed by atoms with Crippen molar-refractivity contribution in [1.82, 2.24) is 15.1 Å². The molecule has 2 aromatic rings. The smallest absolute Gasteiger partial charge is 0.272 e. The van der Waals surface area contributed by atoms with E-state index in [1.807, 2.05) is 37.3 Å². The fourth-order valence-corrected chi connectivity index (χ4v) is 2.97. The Bertz CT molecular complexity index is 684. The quantitative estimate of drug-likeness (QED) is 0.794. The van der Waals surface area contributed by atoms with Crippen LogP contribution in [-0.2, 0) is 0 Å². The van der Waals surface area contributed by atoms with Crippen molar-refractivity contribution in [2.45, 2.75) is 44.4 Å². The maximum absolute atomic E-state index is 12.4. The van der Waals surface area contributed by atoms with E-state index in [4.69, 9.17) is 0 Å². The fraction of sp³-hybridized carbons (Fsp3) is 0.412. The van der Waals surface area contributed by atoms with Crippen molar-refractivity contribution in [3.05, 3.63) is 47.8 Å². The van der Waals surface area contributed by atoms with E-state index in [1.165, 1.54) is 0 Å². The monoisotopic (exact) mass is 315 g/mol. The average molecular weight is 315 g/mol. The Morgan fingerprint density at radius 3 is 2.74 bits per heavy atom. The van der Waals surface area contributed by atoms with Gasteiger partial charge in [-0.05, 0) is 44.4 Å². The molecule has 1 aliphatic rings. The zero-order chi connectivity index (χ0) is 16.4. The number of carbonyl (C=O) groups is 1. The first kappa shape index (κ1) is 15.7. The lowest BCUT2D eigenvalue weighted by Crippen LogP contribution is -2.51. The highest BCUT2D eigenvalue weighted by atomic mass is 16.3. The van der Waals surface area contributed by atoms with Crippen molar-refractivity contribution in [3.8, 4) is 5.69 Å². The summed E-state index contributed by atoms with van der Waals surface area (Å²) >= 11 is 0. The van der Waals surface area contributed by atoms with Crippen molar-refractivity contribution >= 4 is 5.91 Å². The highest BCUT2D eigenvalue weighted by Crippen LogP contribution is 2.20. The average Bonchev–Trinajstić information content (AvgIpc) is 2.95. The van der Waals surface area contributed by atoms with E-state index in [-0.39, 0.29) is 5.91 Å². The molecule has 122 valence electrons. The van der Waals surface area contributed by atoms with Crippen LogP contribution in [0.25, 0.3) is 5.69 Å². The van der Waals surface area contributed by atoms with E-state index in [2.05, 4.69) is 10.4 Å². The predicted octanol–water partition coefficient (Wildman–Crippen LogP) is 1.18. The van der Waals surface area contributed by atoms with Gasteiger partial charge in [-0.1, -0.05) is 18.2 Å². The van der Waals surface area contributed by atoms with Gasteiger partial charge in [-0.25, -0.2) is 4.68 Å². The number of aromatic nitrogens is 2. The van der Waals surface area contributed by atoms with E-state index >= 15 is 0 Å². The molecule has 0 bridgehead atoms. The summed E-state index contributed by atoms with van der Waals surface area (Å²) in [4.78, 5) is 12.4. The summed E-state index contributed by atoms with van der Waals surface area (Å²) in [6, 6.07) is 10.9. The third kappa shape index (κ3) is 3.28. The first-order valence-corrected chi connectivity index (χ1v) is 7.85. The molecule has 3 atom stereocenters.